The molecule has 0 heterocycles. The van der Waals surface area contributed by atoms with Crippen LogP contribution in [-0.2, 0) is 19.1 Å². The Bertz CT molecular complexity index is 749. The van der Waals surface area contributed by atoms with Gasteiger partial charge in [-0.3, -0.25) is 0 Å². The molecule has 7 unspecified atom stereocenters. The lowest BCUT2D eigenvalue weighted by molar-refractivity contribution is -0.198. The van der Waals surface area contributed by atoms with E-state index < -0.39 is 18.2 Å². The predicted molar refractivity (Wildman–Crippen MR) is 118 cm³/mol. The topological polar surface area (TPSA) is 72.8 Å². The van der Waals surface area contributed by atoms with Crippen LogP contribution in [0.15, 0.2) is 35.5 Å². The average molecular weight is 419 g/mol. The lowest BCUT2D eigenvalue weighted by Gasteiger charge is -2.57. The molecule has 2 saturated carbocycles. The summed E-state index contributed by atoms with van der Waals surface area (Å²) in [5.41, 5.74) is 1.83. The number of hydrogen-bond donors (Lipinski definition) is 1. The molecule has 1 N–H and O–H groups in total. The predicted octanol–water partition coefficient (Wildman–Crippen LogP) is 4.75. The summed E-state index contributed by atoms with van der Waals surface area (Å²) in [6, 6.07) is 0. The average Bonchev–Trinajstić information content (AvgIpc) is 2.70. The second-order valence-corrected chi connectivity index (χ2v) is 9.47. The highest BCUT2D eigenvalue weighted by molar-refractivity contribution is 5.88. The van der Waals surface area contributed by atoms with Crippen molar-refractivity contribution in [2.45, 2.75) is 86.0 Å². The zero-order valence-corrected chi connectivity index (χ0v) is 19.5. The van der Waals surface area contributed by atoms with E-state index in [2.05, 4.69) is 20.4 Å². The summed E-state index contributed by atoms with van der Waals surface area (Å²) in [4.78, 5) is 24.9. The molecule has 7 atom stereocenters. The van der Waals surface area contributed by atoms with Gasteiger partial charge in [-0.15, -0.1) is 0 Å². The molecule has 2 aliphatic rings. The van der Waals surface area contributed by atoms with Gasteiger partial charge in [0.25, 0.3) is 0 Å². The van der Waals surface area contributed by atoms with Gasteiger partial charge in [0.2, 0.25) is 0 Å². The zero-order chi connectivity index (χ0) is 22.8. The van der Waals surface area contributed by atoms with Crippen LogP contribution in [-0.4, -0.2) is 35.4 Å². The third-order valence-corrected chi connectivity index (χ3v) is 7.57. The van der Waals surface area contributed by atoms with Gasteiger partial charge >= 0.3 is 11.9 Å². The van der Waals surface area contributed by atoms with E-state index in [0.717, 1.165) is 18.4 Å². The van der Waals surface area contributed by atoms with Gasteiger partial charge in [0.1, 0.15) is 12.2 Å². The summed E-state index contributed by atoms with van der Waals surface area (Å²) < 4.78 is 11.7. The summed E-state index contributed by atoms with van der Waals surface area (Å²) in [7, 11) is 0. The van der Waals surface area contributed by atoms with E-state index in [-0.39, 0.29) is 35.2 Å². The van der Waals surface area contributed by atoms with E-state index in [1.165, 1.54) is 0 Å². The second kappa shape index (κ2) is 9.51. The summed E-state index contributed by atoms with van der Waals surface area (Å²) in [5, 5.41) is 11.2. The van der Waals surface area contributed by atoms with Crippen molar-refractivity contribution >= 4 is 11.9 Å². The minimum Gasteiger partial charge on any atom is -0.459 e. The van der Waals surface area contributed by atoms with Crippen molar-refractivity contribution in [1.82, 2.24) is 0 Å². The Morgan fingerprint density at radius 2 is 1.57 bits per heavy atom. The molecule has 0 aromatic heterocycles. The fourth-order valence-electron chi connectivity index (χ4n) is 5.01. The highest BCUT2D eigenvalue weighted by Gasteiger charge is 2.57. The Balaban J connectivity index is 2.37. The molecule has 0 amide bonds. The normalized spacial score (nSPS) is 37.2. The Hall–Kier alpha value is -1.88. The lowest BCUT2D eigenvalue weighted by Crippen LogP contribution is -2.59. The summed E-state index contributed by atoms with van der Waals surface area (Å²) >= 11 is 0. The number of allylic oxidation sites excluding steroid dienone is 2. The fourth-order valence-corrected chi connectivity index (χ4v) is 5.01. The van der Waals surface area contributed by atoms with Crippen molar-refractivity contribution in [2.24, 2.45) is 23.2 Å². The van der Waals surface area contributed by atoms with E-state index >= 15 is 0 Å². The summed E-state index contributed by atoms with van der Waals surface area (Å²) in [5.74, 6) is -0.736. The van der Waals surface area contributed by atoms with Crippen molar-refractivity contribution < 1.29 is 24.2 Å². The van der Waals surface area contributed by atoms with Crippen molar-refractivity contribution in [3.8, 4) is 0 Å². The molecular weight excluding hydrogens is 380 g/mol. The molecule has 0 radical (unpaired) electrons. The van der Waals surface area contributed by atoms with Gasteiger partial charge in [-0.2, -0.15) is 0 Å². The molecule has 2 rings (SSSR count). The van der Waals surface area contributed by atoms with E-state index in [9.17, 15) is 14.7 Å². The summed E-state index contributed by atoms with van der Waals surface area (Å²) in [6.45, 7) is 17.4. The third-order valence-electron chi connectivity index (χ3n) is 7.57. The quantitative estimate of drug-likeness (QED) is 0.396. The SMILES string of the molecule is C=C(C)C1CC2(C)C(C)CC(OC(=O)/C(C)=C\C)CC2C(OC(=O)/C(C)=C/C)C1O. The molecule has 2 aliphatic carbocycles. The minimum absolute atomic E-state index is 0.107. The maximum Gasteiger partial charge on any atom is 0.333 e. The van der Waals surface area contributed by atoms with Crippen molar-refractivity contribution in [3.05, 3.63) is 35.5 Å². The molecule has 5 heteroatoms. The van der Waals surface area contributed by atoms with Crippen LogP contribution >= 0.6 is 0 Å². The maximum atomic E-state index is 12.6. The maximum absolute atomic E-state index is 12.6. The summed E-state index contributed by atoms with van der Waals surface area (Å²) in [6.07, 6.45) is 3.79. The van der Waals surface area contributed by atoms with E-state index in [1.807, 2.05) is 13.8 Å². The molecule has 0 aliphatic heterocycles. The molecule has 0 spiro atoms. The molecule has 0 aromatic carbocycles. The first-order valence-corrected chi connectivity index (χ1v) is 11.0. The van der Waals surface area contributed by atoms with Crippen molar-refractivity contribution in [3.63, 3.8) is 0 Å². The number of esters is 2. The first-order chi connectivity index (χ1) is 14.0. The van der Waals surface area contributed by atoms with E-state index in [0.29, 0.717) is 17.6 Å². The first kappa shape index (κ1) is 24.4. The van der Waals surface area contributed by atoms with Crippen molar-refractivity contribution in [2.75, 3.05) is 0 Å². The van der Waals surface area contributed by atoms with Crippen LogP contribution < -0.4 is 0 Å². The third kappa shape index (κ3) is 4.72. The molecule has 0 aromatic rings. The van der Waals surface area contributed by atoms with E-state index in [1.54, 1.807) is 32.9 Å². The Kier molecular flexibility index (Phi) is 7.73. The van der Waals surface area contributed by atoms with Crippen LogP contribution in [0.25, 0.3) is 0 Å². The van der Waals surface area contributed by atoms with Gasteiger partial charge < -0.3 is 14.6 Å². The number of carbonyl (C=O) groups excluding carboxylic acids is 2. The number of aliphatic hydroxyl groups excluding tert-OH is 1. The largest absolute Gasteiger partial charge is 0.459 e. The molecular formula is C25H38O5. The standard InChI is InChI=1S/C25H38O5/c1-9-15(5)23(27)29-18-11-17(7)25(8)13-19(14(3)4)21(26)22(20(25)12-18)30-24(28)16(6)10-2/h9-10,17-22,26H,3,11-13H2,1-2,4-8H3/b15-9-,16-10+. The van der Waals surface area contributed by atoms with Crippen molar-refractivity contribution in [1.29, 1.82) is 0 Å². The van der Waals surface area contributed by atoms with Gasteiger partial charge in [-0.1, -0.05) is 38.2 Å². The number of carbonyl (C=O) groups is 2. The molecule has 168 valence electrons. The van der Waals surface area contributed by atoms with Gasteiger partial charge in [0.05, 0.1) is 6.10 Å². The first-order valence-electron chi connectivity index (χ1n) is 11.0. The molecule has 30 heavy (non-hydrogen) atoms. The van der Waals surface area contributed by atoms with Gasteiger partial charge in [0.15, 0.2) is 0 Å². The molecule has 0 saturated heterocycles. The Morgan fingerprint density at radius 1 is 1.03 bits per heavy atom. The number of ether oxygens (including phenoxy) is 2. The fraction of sp³-hybridized carbons (Fsp3) is 0.680. The highest BCUT2D eigenvalue weighted by atomic mass is 16.6. The van der Waals surface area contributed by atoms with E-state index in [4.69, 9.17) is 9.47 Å². The van der Waals surface area contributed by atoms with Crippen LogP contribution in [0.3, 0.4) is 0 Å². The van der Waals surface area contributed by atoms with Crippen LogP contribution in [0.5, 0.6) is 0 Å². The molecule has 2 fully saturated rings. The van der Waals surface area contributed by atoms with Crippen LogP contribution in [0.2, 0.25) is 0 Å². The second-order valence-electron chi connectivity index (χ2n) is 9.47. The lowest BCUT2D eigenvalue weighted by atomic mass is 9.51. The monoisotopic (exact) mass is 418 g/mol. The van der Waals surface area contributed by atoms with Gasteiger partial charge in [0, 0.05) is 23.0 Å². The number of hydrogen-bond acceptors (Lipinski definition) is 5. The van der Waals surface area contributed by atoms with Crippen LogP contribution in [0.1, 0.15) is 67.7 Å². The highest BCUT2D eigenvalue weighted by Crippen LogP contribution is 2.57. The van der Waals surface area contributed by atoms with Crippen LogP contribution in [0.4, 0.5) is 0 Å². The van der Waals surface area contributed by atoms with Crippen LogP contribution in [0, 0.1) is 23.2 Å². The number of aliphatic hydroxyl groups is 1. The minimum atomic E-state index is -0.826. The zero-order valence-electron chi connectivity index (χ0n) is 19.5. The Morgan fingerprint density at radius 3 is 2.07 bits per heavy atom. The molecule has 0 bridgehead atoms. The Labute approximate surface area is 181 Å². The smallest absolute Gasteiger partial charge is 0.333 e. The van der Waals surface area contributed by atoms with Gasteiger partial charge in [-0.05, 0) is 65.2 Å². The van der Waals surface area contributed by atoms with Gasteiger partial charge in [-0.25, -0.2) is 9.59 Å². The molecule has 5 nitrogen and oxygen atoms in total. The number of fused-ring (bicyclic) bond motifs is 1. The number of rotatable bonds is 5.